The normalized spacial score (nSPS) is 15.8. The highest BCUT2D eigenvalue weighted by Crippen LogP contribution is 2.21. The van der Waals surface area contributed by atoms with Gasteiger partial charge < -0.3 is 14.7 Å². The van der Waals surface area contributed by atoms with Gasteiger partial charge in [0.1, 0.15) is 17.4 Å². The summed E-state index contributed by atoms with van der Waals surface area (Å²) in [5.74, 6) is -0.223. The molecular weight excluding hydrogens is 406 g/mol. The van der Waals surface area contributed by atoms with Crippen LogP contribution in [-0.2, 0) is 16.6 Å². The molecule has 1 fully saturated rings. The van der Waals surface area contributed by atoms with Crippen LogP contribution in [0.5, 0.6) is 0 Å². The number of sulfonamides is 1. The minimum Gasteiger partial charge on any atom is -0.509 e. The number of para-hydroxylation sites is 2. The third-order valence-electron chi connectivity index (χ3n) is 5.01. The summed E-state index contributed by atoms with van der Waals surface area (Å²) in [4.78, 5) is 19.5. The quantitative estimate of drug-likeness (QED) is 0.475. The van der Waals surface area contributed by atoms with Crippen LogP contribution < -0.4 is 5.56 Å². The predicted octanol–water partition coefficient (Wildman–Crippen LogP) is 2.00. The van der Waals surface area contributed by atoms with E-state index in [0.29, 0.717) is 24.1 Å². The van der Waals surface area contributed by atoms with Gasteiger partial charge in [-0.15, -0.1) is 0 Å². The minimum absolute atomic E-state index is 0.0287. The first-order valence-corrected chi connectivity index (χ1v) is 10.8. The van der Waals surface area contributed by atoms with Gasteiger partial charge in [0, 0.05) is 25.4 Å². The molecule has 3 aromatic rings. The largest absolute Gasteiger partial charge is 0.509 e. The topological polar surface area (TPSA) is 132 Å². The summed E-state index contributed by atoms with van der Waals surface area (Å²) in [6.45, 7) is 0.524. The third-order valence-corrected chi connectivity index (χ3v) is 6.89. The number of fused-ring (bicyclic) bond motifs is 1. The highest BCUT2D eigenvalue weighted by atomic mass is 32.2. The van der Waals surface area contributed by atoms with Gasteiger partial charge in [0.15, 0.2) is 5.82 Å². The molecule has 0 atom stereocenters. The number of nitriles is 1. The van der Waals surface area contributed by atoms with Crippen molar-refractivity contribution in [2.75, 3.05) is 13.1 Å². The first kappa shape index (κ1) is 19.9. The first-order chi connectivity index (χ1) is 14.4. The van der Waals surface area contributed by atoms with Gasteiger partial charge in [-0.2, -0.15) is 9.57 Å². The zero-order valence-corrected chi connectivity index (χ0v) is 16.8. The molecule has 1 aliphatic rings. The number of benzene rings is 1. The number of aromatic amines is 1. The van der Waals surface area contributed by atoms with Crippen LogP contribution in [0.4, 0.5) is 0 Å². The van der Waals surface area contributed by atoms with Crippen LogP contribution in [-0.4, -0.2) is 45.5 Å². The van der Waals surface area contributed by atoms with Crippen molar-refractivity contribution in [3.63, 3.8) is 0 Å². The molecule has 30 heavy (non-hydrogen) atoms. The monoisotopic (exact) mass is 425 g/mol. The lowest BCUT2D eigenvalue weighted by Gasteiger charge is -2.16. The summed E-state index contributed by atoms with van der Waals surface area (Å²) in [5.41, 5.74) is 0.711. The van der Waals surface area contributed by atoms with Gasteiger partial charge in [-0.25, -0.2) is 13.4 Å². The SMILES string of the molecule is N#CC(=C(O)Cn1cc(S(=O)(=O)N2CCCC2)ccc1=O)c1nc2ccccc2[nH]1. The van der Waals surface area contributed by atoms with Gasteiger partial charge in [-0.3, -0.25) is 4.79 Å². The Morgan fingerprint density at radius 1 is 1.20 bits per heavy atom. The third kappa shape index (κ3) is 3.60. The second-order valence-electron chi connectivity index (χ2n) is 6.98. The Balaban J connectivity index is 1.70. The average Bonchev–Trinajstić information content (AvgIpc) is 3.40. The maximum Gasteiger partial charge on any atom is 0.251 e. The van der Waals surface area contributed by atoms with Gasteiger partial charge in [0.05, 0.1) is 22.5 Å². The summed E-state index contributed by atoms with van der Waals surface area (Å²) in [5, 5.41) is 20.1. The van der Waals surface area contributed by atoms with Crippen molar-refractivity contribution in [1.29, 1.82) is 5.26 Å². The number of aliphatic hydroxyl groups is 1. The molecule has 1 aromatic carbocycles. The zero-order valence-electron chi connectivity index (χ0n) is 15.9. The van der Waals surface area contributed by atoms with Gasteiger partial charge in [0.2, 0.25) is 10.0 Å². The number of nitrogens with one attached hydrogen (secondary N) is 1. The van der Waals surface area contributed by atoms with Gasteiger partial charge in [0.25, 0.3) is 5.56 Å². The van der Waals surface area contributed by atoms with E-state index in [1.54, 1.807) is 18.2 Å². The van der Waals surface area contributed by atoms with Crippen LogP contribution in [0, 0.1) is 11.3 Å². The van der Waals surface area contributed by atoms with E-state index in [4.69, 9.17) is 0 Å². The van der Waals surface area contributed by atoms with E-state index in [-0.39, 0.29) is 22.8 Å². The van der Waals surface area contributed by atoms with Crippen molar-refractivity contribution in [3.05, 3.63) is 64.5 Å². The smallest absolute Gasteiger partial charge is 0.251 e. The van der Waals surface area contributed by atoms with E-state index >= 15 is 0 Å². The lowest BCUT2D eigenvalue weighted by molar-refractivity contribution is 0.376. The molecule has 1 saturated heterocycles. The molecule has 2 aromatic heterocycles. The van der Waals surface area contributed by atoms with Crippen molar-refractivity contribution < 1.29 is 13.5 Å². The molecule has 1 aliphatic heterocycles. The molecule has 0 amide bonds. The number of nitrogens with zero attached hydrogens (tertiary/aromatic N) is 4. The van der Waals surface area contributed by atoms with Crippen molar-refractivity contribution in [2.24, 2.45) is 0 Å². The van der Waals surface area contributed by atoms with E-state index in [9.17, 15) is 23.6 Å². The number of imidazole rings is 1. The highest BCUT2D eigenvalue weighted by molar-refractivity contribution is 7.89. The molecule has 4 rings (SSSR count). The molecule has 154 valence electrons. The summed E-state index contributed by atoms with van der Waals surface area (Å²) in [7, 11) is -3.72. The predicted molar refractivity (Wildman–Crippen MR) is 110 cm³/mol. The number of hydrogen-bond acceptors (Lipinski definition) is 6. The Labute approximate surface area is 172 Å². The molecule has 2 N–H and O–H groups in total. The van der Waals surface area contributed by atoms with E-state index < -0.39 is 21.3 Å². The molecule has 3 heterocycles. The van der Waals surface area contributed by atoms with Crippen molar-refractivity contribution in [3.8, 4) is 6.07 Å². The molecular formula is C20H19N5O4S. The van der Waals surface area contributed by atoms with Gasteiger partial charge >= 0.3 is 0 Å². The lowest BCUT2D eigenvalue weighted by Crippen LogP contribution is -2.30. The van der Waals surface area contributed by atoms with Crippen LogP contribution >= 0.6 is 0 Å². The molecule has 0 unspecified atom stereocenters. The van der Waals surface area contributed by atoms with Crippen LogP contribution in [0.3, 0.4) is 0 Å². The van der Waals surface area contributed by atoms with Crippen molar-refractivity contribution in [2.45, 2.75) is 24.3 Å². The zero-order chi connectivity index (χ0) is 21.3. The fourth-order valence-electron chi connectivity index (χ4n) is 3.43. The lowest BCUT2D eigenvalue weighted by atomic mass is 10.2. The van der Waals surface area contributed by atoms with Crippen molar-refractivity contribution >= 4 is 26.6 Å². The van der Waals surface area contributed by atoms with E-state index in [1.807, 2.05) is 12.1 Å². The van der Waals surface area contributed by atoms with E-state index in [0.717, 1.165) is 23.5 Å². The maximum atomic E-state index is 12.8. The first-order valence-electron chi connectivity index (χ1n) is 9.38. The number of allylic oxidation sites excluding steroid dienone is 2. The molecule has 0 spiro atoms. The summed E-state index contributed by atoms with van der Waals surface area (Å²) >= 11 is 0. The Hall–Kier alpha value is -3.42. The average molecular weight is 425 g/mol. The van der Waals surface area contributed by atoms with E-state index in [1.165, 1.54) is 16.6 Å². The van der Waals surface area contributed by atoms with E-state index in [2.05, 4.69) is 9.97 Å². The molecule has 9 nitrogen and oxygen atoms in total. The Bertz CT molecular complexity index is 1310. The minimum atomic E-state index is -3.72. The summed E-state index contributed by atoms with van der Waals surface area (Å²) in [6, 6.07) is 11.5. The van der Waals surface area contributed by atoms with Crippen LogP contribution in [0.2, 0.25) is 0 Å². The highest BCUT2D eigenvalue weighted by Gasteiger charge is 2.27. The second-order valence-corrected chi connectivity index (χ2v) is 8.92. The molecule has 10 heteroatoms. The summed E-state index contributed by atoms with van der Waals surface area (Å²) < 4.78 is 28.0. The summed E-state index contributed by atoms with van der Waals surface area (Å²) in [6.07, 6.45) is 2.79. The Morgan fingerprint density at radius 2 is 1.93 bits per heavy atom. The molecule has 0 radical (unpaired) electrons. The molecule has 0 aliphatic carbocycles. The molecule has 0 saturated carbocycles. The fraction of sp³-hybridized carbons (Fsp3) is 0.250. The fourth-order valence-corrected chi connectivity index (χ4v) is 4.97. The number of hydrogen-bond donors (Lipinski definition) is 2. The van der Waals surface area contributed by atoms with Crippen LogP contribution in [0.25, 0.3) is 16.6 Å². The van der Waals surface area contributed by atoms with Crippen LogP contribution in [0.15, 0.2) is 58.0 Å². The van der Waals surface area contributed by atoms with Crippen molar-refractivity contribution in [1.82, 2.24) is 18.8 Å². The number of pyridine rings is 1. The maximum absolute atomic E-state index is 12.8. The van der Waals surface area contributed by atoms with Gasteiger partial charge in [-0.05, 0) is 31.0 Å². The number of aromatic nitrogens is 3. The van der Waals surface area contributed by atoms with Crippen LogP contribution in [0.1, 0.15) is 18.7 Å². The Morgan fingerprint density at radius 3 is 2.63 bits per heavy atom. The number of rotatable bonds is 5. The second kappa shape index (κ2) is 7.78. The standard InChI is InChI=1S/C20H19N5O4S/c21-11-15(20-22-16-5-1-2-6-17(16)23-20)18(26)13-24-12-14(7-8-19(24)27)30(28,29)25-9-3-4-10-25/h1-2,5-8,12,26H,3-4,9-10,13H2,(H,22,23). The molecule has 0 bridgehead atoms. The Kier molecular flexibility index (Phi) is 5.15. The number of aliphatic hydroxyl groups excluding tert-OH is 1. The van der Waals surface area contributed by atoms with Gasteiger partial charge in [-0.1, -0.05) is 12.1 Å². The number of H-pyrrole nitrogens is 1.